The molecule has 0 unspecified atom stereocenters. The fourth-order valence-electron chi connectivity index (χ4n) is 3.88. The SMILES string of the molecule is CC1(O)CCN(C(=O)[C@H](Cc2cccc(Cl)c2)NC(=O)c2cc3cc(Cl)cnc3[nH]2)CC1. The number of likely N-dealkylation sites (tertiary alicyclic amines) is 1. The molecule has 0 bridgehead atoms. The van der Waals surface area contributed by atoms with Gasteiger partial charge >= 0.3 is 0 Å². The van der Waals surface area contributed by atoms with Crippen LogP contribution in [-0.4, -0.2) is 56.5 Å². The van der Waals surface area contributed by atoms with E-state index in [0.29, 0.717) is 59.1 Å². The Morgan fingerprint density at radius 3 is 2.69 bits per heavy atom. The largest absolute Gasteiger partial charge is 0.390 e. The number of benzene rings is 1. The lowest BCUT2D eigenvalue weighted by molar-refractivity contribution is -0.137. The zero-order valence-electron chi connectivity index (χ0n) is 17.6. The summed E-state index contributed by atoms with van der Waals surface area (Å²) in [7, 11) is 0. The van der Waals surface area contributed by atoms with Gasteiger partial charge in [-0.25, -0.2) is 4.98 Å². The summed E-state index contributed by atoms with van der Waals surface area (Å²) < 4.78 is 0. The Morgan fingerprint density at radius 1 is 1.22 bits per heavy atom. The third kappa shape index (κ3) is 5.23. The van der Waals surface area contributed by atoms with Gasteiger partial charge in [-0.05, 0) is 49.6 Å². The maximum Gasteiger partial charge on any atom is 0.268 e. The molecule has 168 valence electrons. The van der Waals surface area contributed by atoms with E-state index in [-0.39, 0.29) is 5.91 Å². The van der Waals surface area contributed by atoms with Crippen molar-refractivity contribution in [2.45, 2.75) is 37.8 Å². The van der Waals surface area contributed by atoms with E-state index in [1.165, 1.54) is 6.20 Å². The summed E-state index contributed by atoms with van der Waals surface area (Å²) in [6, 6.07) is 9.81. The standard InChI is InChI=1S/C23H24Cl2N4O3/c1-23(32)5-7-29(8-6-23)22(31)19(10-14-3-2-4-16(24)9-14)28-21(30)18-12-15-11-17(25)13-26-20(15)27-18/h2-4,9,11-13,19,32H,5-8,10H2,1H3,(H,26,27)(H,28,30)/t19-/m0/s1. The van der Waals surface area contributed by atoms with Gasteiger partial charge in [0.1, 0.15) is 17.4 Å². The fraction of sp³-hybridized carbons (Fsp3) is 0.348. The number of halogens is 2. The average molecular weight is 475 g/mol. The lowest BCUT2D eigenvalue weighted by atomic mass is 9.93. The lowest BCUT2D eigenvalue weighted by Gasteiger charge is -2.37. The number of fused-ring (bicyclic) bond motifs is 1. The Bertz CT molecular complexity index is 1150. The van der Waals surface area contributed by atoms with Crippen LogP contribution in [0, 0.1) is 0 Å². The van der Waals surface area contributed by atoms with Crippen molar-refractivity contribution in [2.24, 2.45) is 0 Å². The maximum absolute atomic E-state index is 13.3. The van der Waals surface area contributed by atoms with Gasteiger partial charge in [-0.15, -0.1) is 0 Å². The van der Waals surface area contributed by atoms with Crippen LogP contribution in [0.25, 0.3) is 11.0 Å². The Labute approximate surface area is 195 Å². The van der Waals surface area contributed by atoms with E-state index in [1.54, 1.807) is 36.1 Å². The molecule has 32 heavy (non-hydrogen) atoms. The molecule has 0 aliphatic carbocycles. The number of nitrogens with zero attached hydrogens (tertiary/aromatic N) is 2. The minimum absolute atomic E-state index is 0.189. The average Bonchev–Trinajstić information content (AvgIpc) is 3.16. The molecule has 7 nitrogen and oxygen atoms in total. The summed E-state index contributed by atoms with van der Waals surface area (Å²) in [4.78, 5) is 35.2. The van der Waals surface area contributed by atoms with Crippen molar-refractivity contribution in [3.8, 4) is 0 Å². The zero-order valence-corrected chi connectivity index (χ0v) is 19.1. The van der Waals surface area contributed by atoms with Crippen molar-refractivity contribution in [2.75, 3.05) is 13.1 Å². The summed E-state index contributed by atoms with van der Waals surface area (Å²) in [5.74, 6) is -0.602. The second-order valence-electron chi connectivity index (χ2n) is 8.46. The molecule has 4 rings (SSSR count). The summed E-state index contributed by atoms with van der Waals surface area (Å²) in [5, 5.41) is 14.8. The lowest BCUT2D eigenvalue weighted by Crippen LogP contribution is -2.53. The second kappa shape index (κ2) is 9.10. The van der Waals surface area contributed by atoms with E-state index in [2.05, 4.69) is 15.3 Å². The molecule has 1 fully saturated rings. The molecule has 3 heterocycles. The summed E-state index contributed by atoms with van der Waals surface area (Å²) in [5.41, 5.74) is 0.891. The number of hydrogen-bond acceptors (Lipinski definition) is 4. The van der Waals surface area contributed by atoms with Crippen LogP contribution in [0.15, 0.2) is 42.6 Å². The van der Waals surface area contributed by atoms with E-state index >= 15 is 0 Å². The van der Waals surface area contributed by atoms with Gasteiger partial charge in [0.2, 0.25) is 5.91 Å². The molecular weight excluding hydrogens is 451 g/mol. The monoisotopic (exact) mass is 474 g/mol. The molecule has 9 heteroatoms. The first-order valence-electron chi connectivity index (χ1n) is 10.4. The summed E-state index contributed by atoms with van der Waals surface area (Å²) >= 11 is 12.1. The first-order chi connectivity index (χ1) is 15.2. The van der Waals surface area contributed by atoms with Crippen LogP contribution in [0.5, 0.6) is 0 Å². The topological polar surface area (TPSA) is 98.3 Å². The Morgan fingerprint density at radius 2 is 1.97 bits per heavy atom. The number of aliphatic hydroxyl groups is 1. The van der Waals surface area contributed by atoms with Crippen molar-refractivity contribution in [1.29, 1.82) is 0 Å². The van der Waals surface area contributed by atoms with Gasteiger partial charge in [0.25, 0.3) is 5.91 Å². The first-order valence-corrected chi connectivity index (χ1v) is 11.2. The Kier molecular flexibility index (Phi) is 6.42. The number of aromatic amines is 1. The van der Waals surface area contributed by atoms with Gasteiger partial charge in [0, 0.05) is 36.1 Å². The van der Waals surface area contributed by atoms with Crippen molar-refractivity contribution >= 4 is 46.0 Å². The van der Waals surface area contributed by atoms with Crippen molar-refractivity contribution in [3.05, 3.63) is 63.9 Å². The van der Waals surface area contributed by atoms with Crippen molar-refractivity contribution < 1.29 is 14.7 Å². The molecule has 1 aromatic carbocycles. The van der Waals surface area contributed by atoms with E-state index in [4.69, 9.17) is 23.2 Å². The molecule has 0 radical (unpaired) electrons. The molecule has 1 aliphatic rings. The Hall–Kier alpha value is -2.61. The molecule has 3 aromatic rings. The smallest absolute Gasteiger partial charge is 0.268 e. The van der Waals surface area contributed by atoms with Gasteiger partial charge in [0.15, 0.2) is 0 Å². The summed E-state index contributed by atoms with van der Waals surface area (Å²) in [6.07, 6.45) is 2.77. The second-order valence-corrected chi connectivity index (χ2v) is 9.33. The first kappa shape index (κ1) is 22.6. The number of rotatable bonds is 5. The number of aromatic nitrogens is 2. The minimum atomic E-state index is -0.785. The number of carbonyl (C=O) groups is 2. The van der Waals surface area contributed by atoms with Gasteiger partial charge < -0.3 is 20.3 Å². The van der Waals surface area contributed by atoms with E-state index in [9.17, 15) is 14.7 Å². The van der Waals surface area contributed by atoms with Crippen LogP contribution in [0.1, 0.15) is 35.8 Å². The molecule has 3 N–H and O–H groups in total. The zero-order chi connectivity index (χ0) is 22.9. The van der Waals surface area contributed by atoms with Crippen LogP contribution in [0.2, 0.25) is 10.0 Å². The van der Waals surface area contributed by atoms with Crippen LogP contribution < -0.4 is 5.32 Å². The number of piperidine rings is 1. The molecule has 2 aromatic heterocycles. The molecule has 1 atom stereocenters. The van der Waals surface area contributed by atoms with Crippen molar-refractivity contribution in [1.82, 2.24) is 20.2 Å². The molecule has 0 spiro atoms. The van der Waals surface area contributed by atoms with Gasteiger partial charge in [0.05, 0.1) is 10.6 Å². The highest BCUT2D eigenvalue weighted by atomic mass is 35.5. The minimum Gasteiger partial charge on any atom is -0.390 e. The van der Waals surface area contributed by atoms with Gasteiger partial charge in [-0.1, -0.05) is 35.3 Å². The molecule has 0 saturated carbocycles. The highest BCUT2D eigenvalue weighted by Gasteiger charge is 2.33. The normalized spacial score (nSPS) is 16.7. The number of hydrogen-bond donors (Lipinski definition) is 3. The van der Waals surface area contributed by atoms with E-state index in [1.807, 2.05) is 12.1 Å². The van der Waals surface area contributed by atoms with Crippen LogP contribution >= 0.6 is 23.2 Å². The number of carbonyl (C=O) groups excluding carboxylic acids is 2. The highest BCUT2D eigenvalue weighted by molar-refractivity contribution is 6.31. The molecule has 1 saturated heterocycles. The van der Waals surface area contributed by atoms with Gasteiger partial charge in [-0.3, -0.25) is 9.59 Å². The third-order valence-corrected chi connectivity index (χ3v) is 6.21. The number of pyridine rings is 1. The quantitative estimate of drug-likeness (QED) is 0.526. The van der Waals surface area contributed by atoms with E-state index < -0.39 is 17.6 Å². The molecule has 2 amide bonds. The summed E-state index contributed by atoms with van der Waals surface area (Å²) in [6.45, 7) is 2.64. The Balaban J connectivity index is 1.56. The number of nitrogens with one attached hydrogen (secondary N) is 2. The molecular formula is C23H24Cl2N4O3. The van der Waals surface area contributed by atoms with Crippen LogP contribution in [-0.2, 0) is 11.2 Å². The van der Waals surface area contributed by atoms with Crippen molar-refractivity contribution in [3.63, 3.8) is 0 Å². The predicted molar refractivity (Wildman–Crippen MR) is 124 cm³/mol. The third-order valence-electron chi connectivity index (χ3n) is 5.77. The van der Waals surface area contributed by atoms with Crippen LogP contribution in [0.3, 0.4) is 0 Å². The van der Waals surface area contributed by atoms with Gasteiger partial charge in [-0.2, -0.15) is 0 Å². The highest BCUT2D eigenvalue weighted by Crippen LogP contribution is 2.23. The number of H-pyrrole nitrogens is 1. The fourth-order valence-corrected chi connectivity index (χ4v) is 4.26. The molecule has 1 aliphatic heterocycles. The van der Waals surface area contributed by atoms with Crippen LogP contribution in [0.4, 0.5) is 0 Å². The maximum atomic E-state index is 13.3. The predicted octanol–water partition coefficient (Wildman–Crippen LogP) is 3.58. The van der Waals surface area contributed by atoms with E-state index in [0.717, 1.165) is 5.56 Å². The number of amides is 2.